The Morgan fingerprint density at radius 1 is 0.793 bits per heavy atom. The van der Waals surface area contributed by atoms with Crippen LogP contribution in [0.4, 0.5) is 0 Å². The molecular formula is C26H23NO2. The van der Waals surface area contributed by atoms with Crippen molar-refractivity contribution in [3.63, 3.8) is 0 Å². The van der Waals surface area contributed by atoms with Gasteiger partial charge in [0.15, 0.2) is 5.78 Å². The summed E-state index contributed by atoms with van der Waals surface area (Å²) in [7, 11) is 0. The van der Waals surface area contributed by atoms with Gasteiger partial charge in [0.2, 0.25) is 5.91 Å². The molecule has 144 valence electrons. The lowest BCUT2D eigenvalue weighted by Crippen LogP contribution is -2.38. The Morgan fingerprint density at radius 2 is 1.52 bits per heavy atom. The fourth-order valence-electron chi connectivity index (χ4n) is 4.74. The van der Waals surface area contributed by atoms with Crippen LogP contribution in [0.2, 0.25) is 0 Å². The van der Waals surface area contributed by atoms with Crippen LogP contribution in [0.5, 0.6) is 0 Å². The molecule has 29 heavy (non-hydrogen) atoms. The van der Waals surface area contributed by atoms with Gasteiger partial charge in [0.05, 0.1) is 0 Å². The van der Waals surface area contributed by atoms with E-state index in [0.717, 1.165) is 27.8 Å². The van der Waals surface area contributed by atoms with E-state index >= 15 is 0 Å². The lowest BCUT2D eigenvalue weighted by Gasteiger charge is -2.34. The molecule has 0 saturated carbocycles. The highest BCUT2D eigenvalue weighted by Gasteiger charge is 2.38. The van der Waals surface area contributed by atoms with Crippen molar-refractivity contribution < 1.29 is 9.59 Å². The molecule has 0 saturated heterocycles. The number of carbonyl (C=O) groups excluding carboxylic acids is 2. The number of allylic oxidation sites excluding steroid dienone is 2. The van der Waals surface area contributed by atoms with Crippen molar-refractivity contribution in [1.29, 1.82) is 0 Å². The summed E-state index contributed by atoms with van der Waals surface area (Å²) in [6.07, 6.45) is 1.54. The lowest BCUT2D eigenvalue weighted by molar-refractivity contribution is -0.122. The highest BCUT2D eigenvalue weighted by atomic mass is 16.2. The summed E-state index contributed by atoms with van der Waals surface area (Å²) in [5.41, 5.74) is 5.05. The van der Waals surface area contributed by atoms with Gasteiger partial charge < -0.3 is 5.32 Å². The number of ketones is 1. The molecular weight excluding hydrogens is 358 g/mol. The Kier molecular flexibility index (Phi) is 4.31. The Balaban J connectivity index is 1.54. The van der Waals surface area contributed by atoms with Gasteiger partial charge in [-0.05, 0) is 41.2 Å². The van der Waals surface area contributed by atoms with E-state index in [9.17, 15) is 9.59 Å². The van der Waals surface area contributed by atoms with E-state index in [0.29, 0.717) is 19.3 Å². The van der Waals surface area contributed by atoms with Crippen LogP contribution in [0.3, 0.4) is 0 Å². The van der Waals surface area contributed by atoms with Crippen LogP contribution < -0.4 is 5.32 Å². The van der Waals surface area contributed by atoms with Gasteiger partial charge in [-0.25, -0.2) is 0 Å². The topological polar surface area (TPSA) is 46.2 Å². The number of hydrogen-bond donors (Lipinski definition) is 1. The summed E-state index contributed by atoms with van der Waals surface area (Å²) in [6, 6.07) is 22.8. The summed E-state index contributed by atoms with van der Waals surface area (Å²) in [5.74, 6) is 0.126. The average molecular weight is 381 g/mol. The third kappa shape index (κ3) is 3.27. The third-order valence-corrected chi connectivity index (χ3v) is 6.26. The number of benzene rings is 3. The first kappa shape index (κ1) is 17.9. The molecule has 0 aromatic heterocycles. The molecule has 0 spiro atoms. The maximum atomic E-state index is 13.2. The molecule has 1 aliphatic carbocycles. The molecule has 2 aliphatic rings. The van der Waals surface area contributed by atoms with Crippen LogP contribution in [0.1, 0.15) is 47.8 Å². The van der Waals surface area contributed by atoms with Gasteiger partial charge in [-0.1, -0.05) is 72.3 Å². The smallest absolute Gasteiger partial charge is 0.225 e. The van der Waals surface area contributed by atoms with E-state index in [4.69, 9.17) is 0 Å². The molecule has 3 aromatic rings. The number of amides is 1. The minimum absolute atomic E-state index is 0.000681. The van der Waals surface area contributed by atoms with Gasteiger partial charge in [0, 0.05) is 30.0 Å². The van der Waals surface area contributed by atoms with Crippen LogP contribution in [0.25, 0.3) is 10.8 Å². The number of hydrogen-bond acceptors (Lipinski definition) is 2. The van der Waals surface area contributed by atoms with Crippen molar-refractivity contribution >= 4 is 22.5 Å². The summed E-state index contributed by atoms with van der Waals surface area (Å²) in [4.78, 5) is 25.7. The first-order valence-electron chi connectivity index (χ1n) is 10.2. The highest BCUT2D eigenvalue weighted by molar-refractivity contribution is 6.02. The molecule has 3 nitrogen and oxygen atoms in total. The second-order valence-corrected chi connectivity index (χ2v) is 8.24. The van der Waals surface area contributed by atoms with Gasteiger partial charge in [-0.15, -0.1) is 0 Å². The number of aryl methyl sites for hydroxylation is 1. The molecule has 1 N–H and O–H groups in total. The molecule has 5 rings (SSSR count). The van der Waals surface area contributed by atoms with Gasteiger partial charge in [0.1, 0.15) is 0 Å². The van der Waals surface area contributed by atoms with Gasteiger partial charge >= 0.3 is 0 Å². The first-order chi connectivity index (χ1) is 14.1. The molecule has 2 unspecified atom stereocenters. The minimum Gasteiger partial charge on any atom is -0.329 e. The van der Waals surface area contributed by atoms with Crippen molar-refractivity contribution in [3.05, 3.63) is 94.7 Å². The van der Waals surface area contributed by atoms with Crippen LogP contribution >= 0.6 is 0 Å². The van der Waals surface area contributed by atoms with E-state index in [2.05, 4.69) is 66.8 Å². The Hall–Kier alpha value is -3.20. The van der Waals surface area contributed by atoms with E-state index in [1.54, 1.807) is 0 Å². The molecule has 0 bridgehead atoms. The maximum Gasteiger partial charge on any atom is 0.225 e. The Labute approximate surface area is 170 Å². The quantitative estimate of drug-likeness (QED) is 0.667. The van der Waals surface area contributed by atoms with Crippen molar-refractivity contribution in [1.82, 2.24) is 5.32 Å². The number of nitrogens with one attached hydrogen (secondary N) is 1. The molecule has 3 aromatic carbocycles. The van der Waals surface area contributed by atoms with Crippen molar-refractivity contribution in [3.8, 4) is 0 Å². The fourth-order valence-corrected chi connectivity index (χ4v) is 4.74. The molecule has 1 aliphatic heterocycles. The number of carbonyl (C=O) groups is 2. The van der Waals surface area contributed by atoms with Gasteiger partial charge in [-0.2, -0.15) is 0 Å². The molecule has 1 heterocycles. The minimum atomic E-state index is -0.158. The second kappa shape index (κ2) is 7.00. The zero-order valence-corrected chi connectivity index (χ0v) is 16.4. The first-order valence-corrected chi connectivity index (χ1v) is 10.2. The van der Waals surface area contributed by atoms with Gasteiger partial charge in [-0.3, -0.25) is 9.59 Å². The molecule has 1 amide bonds. The van der Waals surface area contributed by atoms with Crippen molar-refractivity contribution in [2.75, 3.05) is 0 Å². The van der Waals surface area contributed by atoms with Crippen molar-refractivity contribution in [2.45, 2.75) is 38.0 Å². The van der Waals surface area contributed by atoms with Gasteiger partial charge in [0.25, 0.3) is 0 Å². The Morgan fingerprint density at radius 3 is 2.31 bits per heavy atom. The molecule has 3 heteroatoms. The zero-order valence-electron chi connectivity index (χ0n) is 16.4. The zero-order chi connectivity index (χ0) is 20.0. The predicted molar refractivity (Wildman–Crippen MR) is 115 cm³/mol. The van der Waals surface area contributed by atoms with Crippen LogP contribution in [0.15, 0.2) is 78.0 Å². The molecule has 2 atom stereocenters. The van der Waals surface area contributed by atoms with E-state index in [-0.39, 0.29) is 23.5 Å². The lowest BCUT2D eigenvalue weighted by atomic mass is 9.73. The molecule has 0 fully saturated rings. The van der Waals surface area contributed by atoms with Crippen molar-refractivity contribution in [2.24, 2.45) is 0 Å². The SMILES string of the molecule is Cc1ccc(C2CC(=O)C3=C(C2)NC(=O)CC3c2ccc3ccccc3c2)cc1. The number of rotatable bonds is 2. The van der Waals surface area contributed by atoms with E-state index in [1.807, 2.05) is 12.1 Å². The monoisotopic (exact) mass is 381 g/mol. The predicted octanol–water partition coefficient (Wildman–Crippen LogP) is 5.15. The maximum absolute atomic E-state index is 13.2. The summed E-state index contributed by atoms with van der Waals surface area (Å²) >= 11 is 0. The van der Waals surface area contributed by atoms with Crippen LogP contribution in [-0.4, -0.2) is 11.7 Å². The van der Waals surface area contributed by atoms with Crippen LogP contribution in [0, 0.1) is 6.92 Å². The summed E-state index contributed by atoms with van der Waals surface area (Å²) in [6.45, 7) is 2.06. The summed E-state index contributed by atoms with van der Waals surface area (Å²) < 4.78 is 0. The Bertz CT molecular complexity index is 1160. The summed E-state index contributed by atoms with van der Waals surface area (Å²) in [5, 5.41) is 5.32. The number of Topliss-reactive ketones (excluding diaryl/α,β-unsaturated/α-hetero) is 1. The standard InChI is InChI=1S/C26H23NO2/c1-16-6-8-18(9-7-16)21-13-23-26(24(28)14-21)22(15-25(29)27-23)20-11-10-17-4-2-3-5-19(17)12-20/h2-12,21-22H,13-15H2,1H3,(H,27,29). The van der Waals surface area contributed by atoms with Crippen LogP contribution in [-0.2, 0) is 9.59 Å². The average Bonchev–Trinajstić information content (AvgIpc) is 2.73. The largest absolute Gasteiger partial charge is 0.329 e. The molecule has 0 radical (unpaired) electrons. The highest BCUT2D eigenvalue weighted by Crippen LogP contribution is 2.43. The van der Waals surface area contributed by atoms with E-state index < -0.39 is 0 Å². The third-order valence-electron chi connectivity index (χ3n) is 6.26. The second-order valence-electron chi connectivity index (χ2n) is 8.24. The normalized spacial score (nSPS) is 21.8. The fraction of sp³-hybridized carbons (Fsp3) is 0.231. The number of fused-ring (bicyclic) bond motifs is 1. The van der Waals surface area contributed by atoms with E-state index in [1.165, 1.54) is 10.9 Å².